The van der Waals surface area contributed by atoms with Crippen LogP contribution in [0.15, 0.2) is 0 Å². The molecule has 2 rings (SSSR count). The highest BCUT2D eigenvalue weighted by molar-refractivity contribution is 4.91. The largest absolute Gasteiger partial charge is 0.390 e. The summed E-state index contributed by atoms with van der Waals surface area (Å²) in [4.78, 5) is 0. The van der Waals surface area contributed by atoms with Crippen molar-refractivity contribution in [2.24, 2.45) is 17.8 Å². The Morgan fingerprint density at radius 3 is 2.77 bits per heavy atom. The van der Waals surface area contributed by atoms with Crippen molar-refractivity contribution < 1.29 is 5.11 Å². The standard InChI is InChI=1S/C12H22O/c1-9-4-3-5-10-8-12(2,13)7-6-11(9)10/h9-11,13H,3-8H2,1-2H3/t9?,10?,11?,12-/m0/s1. The van der Waals surface area contributed by atoms with Gasteiger partial charge in [0.05, 0.1) is 5.60 Å². The molecule has 76 valence electrons. The van der Waals surface area contributed by atoms with Crippen LogP contribution in [0.25, 0.3) is 0 Å². The van der Waals surface area contributed by atoms with Gasteiger partial charge in [-0.05, 0) is 43.9 Å². The van der Waals surface area contributed by atoms with Crippen molar-refractivity contribution in [3.05, 3.63) is 0 Å². The fourth-order valence-electron chi connectivity index (χ4n) is 3.51. The molecule has 0 aliphatic heterocycles. The summed E-state index contributed by atoms with van der Waals surface area (Å²) in [5.74, 6) is 2.66. The first-order valence-corrected chi connectivity index (χ1v) is 5.81. The van der Waals surface area contributed by atoms with Gasteiger partial charge >= 0.3 is 0 Å². The zero-order valence-corrected chi connectivity index (χ0v) is 8.92. The van der Waals surface area contributed by atoms with E-state index in [2.05, 4.69) is 6.92 Å². The van der Waals surface area contributed by atoms with Gasteiger partial charge in [-0.15, -0.1) is 0 Å². The van der Waals surface area contributed by atoms with Crippen molar-refractivity contribution in [3.63, 3.8) is 0 Å². The second-order valence-electron chi connectivity index (χ2n) is 5.57. The fourth-order valence-corrected chi connectivity index (χ4v) is 3.51. The lowest BCUT2D eigenvalue weighted by atomic mass is 9.63. The molecular weight excluding hydrogens is 160 g/mol. The van der Waals surface area contributed by atoms with Gasteiger partial charge in [0.15, 0.2) is 0 Å². The summed E-state index contributed by atoms with van der Waals surface area (Å²) in [6, 6.07) is 0. The lowest BCUT2D eigenvalue weighted by molar-refractivity contribution is -0.0432. The van der Waals surface area contributed by atoms with E-state index in [1.165, 1.54) is 25.7 Å². The van der Waals surface area contributed by atoms with Gasteiger partial charge in [-0.3, -0.25) is 0 Å². The van der Waals surface area contributed by atoms with Crippen LogP contribution in [-0.4, -0.2) is 10.7 Å². The second-order valence-corrected chi connectivity index (χ2v) is 5.57. The summed E-state index contributed by atoms with van der Waals surface area (Å²) < 4.78 is 0. The molecular formula is C12H22O. The van der Waals surface area contributed by atoms with E-state index in [1.807, 2.05) is 6.92 Å². The minimum absolute atomic E-state index is 0.349. The second kappa shape index (κ2) is 3.27. The summed E-state index contributed by atoms with van der Waals surface area (Å²) in [5, 5.41) is 10.00. The van der Waals surface area contributed by atoms with Crippen LogP contribution in [0.1, 0.15) is 52.4 Å². The Bertz CT molecular complexity index is 186. The molecule has 2 aliphatic carbocycles. The van der Waals surface area contributed by atoms with Crippen molar-refractivity contribution >= 4 is 0 Å². The Kier molecular flexibility index (Phi) is 2.39. The zero-order chi connectivity index (χ0) is 9.47. The van der Waals surface area contributed by atoms with Gasteiger partial charge in [-0.2, -0.15) is 0 Å². The van der Waals surface area contributed by atoms with Gasteiger partial charge in [0.2, 0.25) is 0 Å². The van der Waals surface area contributed by atoms with Crippen molar-refractivity contribution in [1.82, 2.24) is 0 Å². The molecule has 2 aliphatic rings. The van der Waals surface area contributed by atoms with Gasteiger partial charge in [-0.25, -0.2) is 0 Å². The number of aliphatic hydroxyl groups is 1. The van der Waals surface area contributed by atoms with E-state index in [1.54, 1.807) is 0 Å². The molecule has 0 aromatic heterocycles. The highest BCUT2D eigenvalue weighted by Gasteiger charge is 2.39. The third-order valence-corrected chi connectivity index (χ3v) is 4.29. The average molecular weight is 182 g/mol. The Hall–Kier alpha value is -0.0400. The topological polar surface area (TPSA) is 20.2 Å². The molecule has 1 N–H and O–H groups in total. The maximum atomic E-state index is 10.00. The van der Waals surface area contributed by atoms with E-state index in [-0.39, 0.29) is 5.60 Å². The zero-order valence-electron chi connectivity index (χ0n) is 8.92. The van der Waals surface area contributed by atoms with E-state index in [9.17, 15) is 5.11 Å². The van der Waals surface area contributed by atoms with Gasteiger partial charge in [0, 0.05) is 0 Å². The first-order valence-electron chi connectivity index (χ1n) is 5.81. The summed E-state index contributed by atoms with van der Waals surface area (Å²) in [7, 11) is 0. The van der Waals surface area contributed by atoms with E-state index >= 15 is 0 Å². The quantitative estimate of drug-likeness (QED) is 0.610. The van der Waals surface area contributed by atoms with Crippen molar-refractivity contribution in [2.45, 2.75) is 58.0 Å². The molecule has 2 fully saturated rings. The van der Waals surface area contributed by atoms with E-state index in [0.717, 1.165) is 30.6 Å². The Morgan fingerprint density at radius 1 is 1.23 bits per heavy atom. The number of fused-ring (bicyclic) bond motifs is 1. The number of hydrogen-bond donors (Lipinski definition) is 1. The van der Waals surface area contributed by atoms with Crippen LogP contribution in [0, 0.1) is 17.8 Å². The molecule has 0 amide bonds. The molecule has 0 spiro atoms. The third-order valence-electron chi connectivity index (χ3n) is 4.29. The highest BCUT2D eigenvalue weighted by atomic mass is 16.3. The molecule has 0 aromatic carbocycles. The van der Waals surface area contributed by atoms with Crippen molar-refractivity contribution in [3.8, 4) is 0 Å². The molecule has 0 radical (unpaired) electrons. The minimum atomic E-state index is -0.349. The van der Waals surface area contributed by atoms with Crippen molar-refractivity contribution in [2.75, 3.05) is 0 Å². The maximum absolute atomic E-state index is 10.00. The predicted octanol–water partition coefficient (Wildman–Crippen LogP) is 2.97. The first kappa shape index (κ1) is 9.51. The molecule has 1 heteroatoms. The fraction of sp³-hybridized carbons (Fsp3) is 1.00. The van der Waals surface area contributed by atoms with Gasteiger partial charge < -0.3 is 5.11 Å². The Balaban J connectivity index is 2.04. The van der Waals surface area contributed by atoms with Gasteiger partial charge in [0.25, 0.3) is 0 Å². The lowest BCUT2D eigenvalue weighted by Crippen LogP contribution is -2.40. The first-order chi connectivity index (χ1) is 6.08. The molecule has 1 nitrogen and oxygen atoms in total. The summed E-state index contributed by atoms with van der Waals surface area (Å²) >= 11 is 0. The van der Waals surface area contributed by atoms with E-state index in [0.29, 0.717) is 0 Å². The number of rotatable bonds is 0. The van der Waals surface area contributed by atoms with E-state index < -0.39 is 0 Å². The smallest absolute Gasteiger partial charge is 0.0622 e. The van der Waals surface area contributed by atoms with Crippen molar-refractivity contribution in [1.29, 1.82) is 0 Å². The van der Waals surface area contributed by atoms with Gasteiger partial charge in [-0.1, -0.05) is 26.2 Å². The molecule has 0 saturated heterocycles. The highest BCUT2D eigenvalue weighted by Crippen LogP contribution is 2.46. The Labute approximate surface area is 81.5 Å². The number of hydrogen-bond acceptors (Lipinski definition) is 1. The average Bonchev–Trinajstić information content (AvgIpc) is 2.02. The normalized spacial score (nSPS) is 51.5. The van der Waals surface area contributed by atoms with Crippen LogP contribution in [0.5, 0.6) is 0 Å². The molecule has 2 saturated carbocycles. The molecule has 0 heterocycles. The van der Waals surface area contributed by atoms with Crippen LogP contribution in [0.3, 0.4) is 0 Å². The van der Waals surface area contributed by atoms with Crippen LogP contribution >= 0.6 is 0 Å². The SMILES string of the molecule is CC1CCCC2C[C@@](C)(O)CCC12. The maximum Gasteiger partial charge on any atom is 0.0622 e. The predicted molar refractivity (Wildman–Crippen MR) is 54.5 cm³/mol. The summed E-state index contributed by atoms with van der Waals surface area (Å²) in [6.45, 7) is 4.42. The van der Waals surface area contributed by atoms with Gasteiger partial charge in [0.1, 0.15) is 0 Å². The molecule has 0 aromatic rings. The monoisotopic (exact) mass is 182 g/mol. The summed E-state index contributed by atoms with van der Waals surface area (Å²) in [6.07, 6.45) is 7.52. The van der Waals surface area contributed by atoms with Crippen LogP contribution in [-0.2, 0) is 0 Å². The van der Waals surface area contributed by atoms with Crippen LogP contribution in [0.2, 0.25) is 0 Å². The van der Waals surface area contributed by atoms with Crippen LogP contribution < -0.4 is 0 Å². The minimum Gasteiger partial charge on any atom is -0.390 e. The third kappa shape index (κ3) is 1.90. The lowest BCUT2D eigenvalue weighted by Gasteiger charge is -2.45. The summed E-state index contributed by atoms with van der Waals surface area (Å²) in [5.41, 5.74) is -0.349. The molecule has 3 unspecified atom stereocenters. The molecule has 13 heavy (non-hydrogen) atoms. The molecule has 4 atom stereocenters. The van der Waals surface area contributed by atoms with Crippen LogP contribution in [0.4, 0.5) is 0 Å². The van der Waals surface area contributed by atoms with E-state index in [4.69, 9.17) is 0 Å². The molecule has 0 bridgehead atoms. The Morgan fingerprint density at radius 2 is 2.00 bits per heavy atom.